The molecule has 246 valence electrons. The van der Waals surface area contributed by atoms with Crippen molar-refractivity contribution in [3.8, 4) is 5.75 Å². The van der Waals surface area contributed by atoms with E-state index in [4.69, 9.17) is 25.8 Å². The molecule has 0 N–H and O–H groups in total. The average Bonchev–Trinajstić information content (AvgIpc) is 3.45. The number of carbonyl (C=O) groups is 2. The Kier molecular flexibility index (Phi) is 17.8. The zero-order valence-corrected chi connectivity index (χ0v) is 28.6. The number of piperidine rings is 1. The van der Waals surface area contributed by atoms with Crippen molar-refractivity contribution in [3.05, 3.63) is 101 Å². The predicted molar refractivity (Wildman–Crippen MR) is 184 cm³/mol. The molecule has 1 fully saturated rings. The number of hydrogen-bond acceptors (Lipinski definition) is 6. The van der Waals surface area contributed by atoms with Crippen molar-refractivity contribution in [2.45, 2.75) is 78.3 Å². The Morgan fingerprint density at radius 2 is 1.62 bits per heavy atom. The van der Waals surface area contributed by atoms with Gasteiger partial charge in [-0.25, -0.2) is 4.79 Å². The zero-order chi connectivity index (χ0) is 33.0. The van der Waals surface area contributed by atoms with Crippen LogP contribution in [0.3, 0.4) is 0 Å². The molecular formula is C37H51ClN2O5. The van der Waals surface area contributed by atoms with Gasteiger partial charge in [-0.3, -0.25) is 4.79 Å². The molecule has 2 aliphatic carbocycles. The number of benzene rings is 1. The van der Waals surface area contributed by atoms with Crippen LogP contribution in [0.5, 0.6) is 5.75 Å². The molecule has 45 heavy (non-hydrogen) atoms. The highest BCUT2D eigenvalue weighted by Gasteiger charge is 2.37. The number of methoxy groups -OCH3 is 2. The van der Waals surface area contributed by atoms with Crippen molar-refractivity contribution in [2.75, 3.05) is 33.9 Å². The first-order valence-electron chi connectivity index (χ1n) is 16.1. The van der Waals surface area contributed by atoms with E-state index in [9.17, 15) is 9.59 Å². The summed E-state index contributed by atoms with van der Waals surface area (Å²) in [4.78, 5) is 29.7. The SMILES string of the molecule is CC.CCC(=O)N(C1CCN(CC)CC1)C(CC1=CC=C(Cl)C=CC1)C(=O)OC.COC1=C(Oc2ccccc2)C=CCC=C1. The molecule has 8 heteroatoms. The number of para-hydroxylation sites is 1. The molecule has 1 saturated heterocycles. The van der Waals surface area contributed by atoms with Gasteiger partial charge in [0.2, 0.25) is 5.91 Å². The summed E-state index contributed by atoms with van der Waals surface area (Å²) < 4.78 is 16.1. The van der Waals surface area contributed by atoms with Crippen LogP contribution in [-0.4, -0.2) is 67.6 Å². The molecule has 4 rings (SSSR count). The Balaban J connectivity index is 0.000000332. The Labute approximate surface area is 275 Å². The molecule has 1 aromatic carbocycles. The normalized spacial score (nSPS) is 17.2. The van der Waals surface area contributed by atoms with E-state index < -0.39 is 6.04 Å². The summed E-state index contributed by atoms with van der Waals surface area (Å²) in [7, 11) is 3.04. The number of nitrogens with zero attached hydrogens (tertiary/aromatic N) is 2. The zero-order valence-electron chi connectivity index (χ0n) is 27.8. The summed E-state index contributed by atoms with van der Waals surface area (Å²) in [6.45, 7) is 10.9. The fourth-order valence-electron chi connectivity index (χ4n) is 5.26. The summed E-state index contributed by atoms with van der Waals surface area (Å²) in [6.07, 6.45) is 19.8. The second-order valence-corrected chi connectivity index (χ2v) is 10.9. The minimum atomic E-state index is -0.592. The van der Waals surface area contributed by atoms with Crippen LogP contribution in [0.25, 0.3) is 0 Å². The monoisotopic (exact) mass is 638 g/mol. The third kappa shape index (κ3) is 12.4. The molecule has 1 heterocycles. The Hall–Kier alpha value is -3.55. The Morgan fingerprint density at radius 1 is 0.956 bits per heavy atom. The molecule has 1 amide bonds. The standard InChI is InChI=1S/C21H31ClN2O3.C14H14O2.C2H6/c1-4-20(25)24(18-11-13-23(5-2)14-12-18)19(21(26)27-3)15-16-7-6-8-17(22)10-9-16;1-15-13-10-6-3-7-11-14(13)16-12-8-4-2-5-9-12;1-2/h6,8-10,18-19H,4-5,7,11-15H2,1-3H3;2,4-11H,3H2,1H3;1-2H3. The van der Waals surface area contributed by atoms with Gasteiger partial charge in [0.25, 0.3) is 0 Å². The van der Waals surface area contributed by atoms with Gasteiger partial charge in [-0.05, 0) is 68.7 Å². The van der Waals surface area contributed by atoms with Gasteiger partial charge in [-0.15, -0.1) is 0 Å². The molecule has 1 aromatic rings. The molecular weight excluding hydrogens is 588 g/mol. The van der Waals surface area contributed by atoms with Crippen LogP contribution in [-0.2, 0) is 19.1 Å². The quantitative estimate of drug-likeness (QED) is 0.241. The number of esters is 1. The predicted octanol–water partition coefficient (Wildman–Crippen LogP) is 8.12. The van der Waals surface area contributed by atoms with Gasteiger partial charge in [-0.2, -0.15) is 0 Å². The molecule has 0 saturated carbocycles. The van der Waals surface area contributed by atoms with Crippen molar-refractivity contribution >= 4 is 23.5 Å². The summed E-state index contributed by atoms with van der Waals surface area (Å²) >= 11 is 6.07. The molecule has 1 aliphatic heterocycles. The van der Waals surface area contributed by atoms with E-state index in [-0.39, 0.29) is 17.9 Å². The lowest BCUT2D eigenvalue weighted by molar-refractivity contribution is -0.155. The number of halogens is 1. The van der Waals surface area contributed by atoms with Crippen LogP contribution in [0, 0.1) is 0 Å². The van der Waals surface area contributed by atoms with Crippen LogP contribution < -0.4 is 4.74 Å². The highest BCUT2D eigenvalue weighted by molar-refractivity contribution is 6.31. The van der Waals surface area contributed by atoms with Crippen LogP contribution in [0.1, 0.15) is 66.2 Å². The van der Waals surface area contributed by atoms with Gasteiger partial charge >= 0.3 is 5.97 Å². The number of likely N-dealkylation sites (tertiary alicyclic amines) is 1. The van der Waals surface area contributed by atoms with Crippen molar-refractivity contribution in [1.82, 2.24) is 9.80 Å². The first kappa shape index (κ1) is 37.6. The molecule has 1 atom stereocenters. The minimum absolute atomic E-state index is 0.0127. The molecule has 3 aliphatic rings. The molecule has 0 aromatic heterocycles. The van der Waals surface area contributed by atoms with Crippen molar-refractivity contribution < 1.29 is 23.8 Å². The van der Waals surface area contributed by atoms with E-state index in [1.54, 1.807) is 12.0 Å². The van der Waals surface area contributed by atoms with Crippen molar-refractivity contribution in [3.63, 3.8) is 0 Å². The maximum absolute atomic E-state index is 12.8. The van der Waals surface area contributed by atoms with E-state index in [1.807, 2.05) is 99.7 Å². The topological polar surface area (TPSA) is 68.3 Å². The second kappa shape index (κ2) is 21.2. The fraction of sp³-hybridized carbons (Fsp3) is 0.459. The van der Waals surface area contributed by atoms with E-state index in [0.29, 0.717) is 24.3 Å². The Morgan fingerprint density at radius 3 is 2.22 bits per heavy atom. The Bertz CT molecular complexity index is 1240. The lowest BCUT2D eigenvalue weighted by atomic mass is 9.96. The van der Waals surface area contributed by atoms with Gasteiger partial charge in [-0.1, -0.05) is 87.4 Å². The molecule has 0 radical (unpaired) electrons. The fourth-order valence-corrected chi connectivity index (χ4v) is 5.42. The lowest BCUT2D eigenvalue weighted by Gasteiger charge is -2.41. The van der Waals surface area contributed by atoms with Crippen LogP contribution in [0.2, 0.25) is 0 Å². The largest absolute Gasteiger partial charge is 0.493 e. The highest BCUT2D eigenvalue weighted by atomic mass is 35.5. The number of allylic oxidation sites excluding steroid dienone is 9. The second-order valence-electron chi connectivity index (χ2n) is 10.4. The summed E-state index contributed by atoms with van der Waals surface area (Å²) in [5, 5.41) is 0.660. The van der Waals surface area contributed by atoms with Crippen molar-refractivity contribution in [2.24, 2.45) is 0 Å². The number of hydrogen-bond donors (Lipinski definition) is 0. The number of carbonyl (C=O) groups excluding carboxylic acids is 2. The third-order valence-corrected chi connectivity index (χ3v) is 7.88. The van der Waals surface area contributed by atoms with E-state index in [2.05, 4.69) is 11.8 Å². The van der Waals surface area contributed by atoms with Gasteiger partial charge < -0.3 is 24.0 Å². The number of amides is 1. The number of ether oxygens (including phenoxy) is 3. The van der Waals surface area contributed by atoms with Gasteiger partial charge in [0.05, 0.1) is 14.2 Å². The van der Waals surface area contributed by atoms with Gasteiger partial charge in [0.15, 0.2) is 11.5 Å². The van der Waals surface area contributed by atoms with E-state index >= 15 is 0 Å². The lowest BCUT2D eigenvalue weighted by Crippen LogP contribution is -2.54. The van der Waals surface area contributed by atoms with Crippen LogP contribution >= 0.6 is 11.6 Å². The summed E-state index contributed by atoms with van der Waals surface area (Å²) in [5.41, 5.74) is 1.07. The maximum atomic E-state index is 12.8. The smallest absolute Gasteiger partial charge is 0.328 e. The van der Waals surface area contributed by atoms with E-state index in [0.717, 1.165) is 61.7 Å². The summed E-state index contributed by atoms with van der Waals surface area (Å²) in [5.74, 6) is 1.96. The van der Waals surface area contributed by atoms with Crippen LogP contribution in [0.4, 0.5) is 0 Å². The molecule has 0 bridgehead atoms. The maximum Gasteiger partial charge on any atom is 0.328 e. The van der Waals surface area contributed by atoms with Gasteiger partial charge in [0.1, 0.15) is 11.8 Å². The van der Waals surface area contributed by atoms with E-state index in [1.165, 1.54) is 7.11 Å². The molecule has 0 spiro atoms. The molecule has 1 unspecified atom stereocenters. The molecule has 7 nitrogen and oxygen atoms in total. The summed E-state index contributed by atoms with van der Waals surface area (Å²) in [6, 6.07) is 9.17. The first-order valence-corrected chi connectivity index (χ1v) is 16.4. The number of rotatable bonds is 10. The first-order chi connectivity index (χ1) is 21.9. The average molecular weight is 639 g/mol. The van der Waals surface area contributed by atoms with Crippen LogP contribution in [0.15, 0.2) is 101 Å². The third-order valence-electron chi connectivity index (χ3n) is 7.63. The van der Waals surface area contributed by atoms with Crippen molar-refractivity contribution in [1.29, 1.82) is 0 Å². The van der Waals surface area contributed by atoms with Gasteiger partial charge in [0, 0.05) is 37.0 Å². The minimum Gasteiger partial charge on any atom is -0.493 e. The highest BCUT2D eigenvalue weighted by Crippen LogP contribution is 2.26.